The summed E-state index contributed by atoms with van der Waals surface area (Å²) in [6.07, 6.45) is 2.27. The largest absolute Gasteiger partial charge is 0.377 e. The highest BCUT2D eigenvalue weighted by atomic mass is 16.6. The zero-order valence-corrected chi connectivity index (χ0v) is 15.6. The zero-order chi connectivity index (χ0) is 17.9. The summed E-state index contributed by atoms with van der Waals surface area (Å²) in [6.45, 7) is 11.9. The maximum absolute atomic E-state index is 11.5. The first kappa shape index (κ1) is 23.3. The summed E-state index contributed by atoms with van der Waals surface area (Å²) in [4.78, 5) is 11.5. The van der Waals surface area contributed by atoms with Gasteiger partial charge in [0.2, 0.25) is 5.91 Å². The van der Waals surface area contributed by atoms with Crippen molar-refractivity contribution in [3.8, 4) is 0 Å². The van der Waals surface area contributed by atoms with Gasteiger partial charge >= 0.3 is 0 Å². The third kappa shape index (κ3) is 19.3. The standard InChI is InChI=1S/C17H36N2O5/c1-4-18-7-5-6-8-19-17(20)15-23-12-11-21-9-10-22-13-14-24-16(2)3/h16,18H,4-15H2,1-3H3,(H,19,20). The average Bonchev–Trinajstić information content (AvgIpc) is 2.55. The van der Waals surface area contributed by atoms with Crippen LogP contribution in [0.15, 0.2) is 0 Å². The lowest BCUT2D eigenvalue weighted by atomic mass is 10.3. The van der Waals surface area contributed by atoms with Crippen LogP contribution in [0.5, 0.6) is 0 Å². The Labute approximate surface area is 146 Å². The second-order valence-corrected chi connectivity index (χ2v) is 5.61. The van der Waals surface area contributed by atoms with Crippen molar-refractivity contribution in [1.29, 1.82) is 0 Å². The van der Waals surface area contributed by atoms with E-state index in [0.29, 0.717) is 46.2 Å². The van der Waals surface area contributed by atoms with E-state index in [4.69, 9.17) is 18.9 Å². The van der Waals surface area contributed by atoms with Crippen molar-refractivity contribution in [2.24, 2.45) is 0 Å². The van der Waals surface area contributed by atoms with E-state index in [1.807, 2.05) is 13.8 Å². The molecule has 7 nitrogen and oxygen atoms in total. The molecule has 0 saturated carbocycles. The van der Waals surface area contributed by atoms with Gasteiger partial charge in [-0.1, -0.05) is 6.92 Å². The first-order valence-electron chi connectivity index (χ1n) is 8.99. The molecule has 2 N–H and O–H groups in total. The Kier molecular flexibility index (Phi) is 18.0. The highest BCUT2D eigenvalue weighted by Gasteiger charge is 2.00. The van der Waals surface area contributed by atoms with Gasteiger partial charge in [-0.05, 0) is 39.8 Å². The van der Waals surface area contributed by atoms with Gasteiger partial charge in [-0.25, -0.2) is 0 Å². The normalized spacial score (nSPS) is 11.2. The summed E-state index contributed by atoms with van der Waals surface area (Å²) >= 11 is 0. The number of unbranched alkanes of at least 4 members (excludes halogenated alkanes) is 1. The molecule has 1 amide bonds. The second kappa shape index (κ2) is 18.6. The van der Waals surface area contributed by atoms with Crippen molar-refractivity contribution in [2.45, 2.75) is 39.7 Å². The molecule has 0 atom stereocenters. The third-order valence-corrected chi connectivity index (χ3v) is 3.01. The summed E-state index contributed by atoms with van der Waals surface area (Å²) in [5.74, 6) is -0.0769. The second-order valence-electron chi connectivity index (χ2n) is 5.61. The van der Waals surface area contributed by atoms with Crippen LogP contribution in [0.3, 0.4) is 0 Å². The maximum atomic E-state index is 11.5. The van der Waals surface area contributed by atoms with Gasteiger partial charge in [0.15, 0.2) is 0 Å². The number of hydrogen-bond donors (Lipinski definition) is 2. The fraction of sp³-hybridized carbons (Fsp3) is 0.941. The summed E-state index contributed by atoms with van der Waals surface area (Å²) < 4.78 is 21.3. The van der Waals surface area contributed by atoms with Crippen molar-refractivity contribution < 1.29 is 23.7 Å². The SMILES string of the molecule is CCNCCCCNC(=O)COCCOCCOCCOC(C)C. The van der Waals surface area contributed by atoms with Crippen LogP contribution < -0.4 is 10.6 Å². The number of amides is 1. The van der Waals surface area contributed by atoms with E-state index in [9.17, 15) is 4.79 Å². The van der Waals surface area contributed by atoms with Crippen molar-refractivity contribution >= 4 is 5.91 Å². The minimum absolute atomic E-state index is 0.0769. The van der Waals surface area contributed by atoms with Crippen LogP contribution in [0, 0.1) is 0 Å². The van der Waals surface area contributed by atoms with Gasteiger partial charge in [0.1, 0.15) is 6.61 Å². The molecule has 0 aromatic heterocycles. The molecule has 0 heterocycles. The lowest BCUT2D eigenvalue weighted by Crippen LogP contribution is -2.29. The molecule has 0 bridgehead atoms. The lowest BCUT2D eigenvalue weighted by Gasteiger charge is -2.09. The lowest BCUT2D eigenvalue weighted by molar-refractivity contribution is -0.126. The van der Waals surface area contributed by atoms with Crippen molar-refractivity contribution in [3.63, 3.8) is 0 Å². The molecule has 0 aliphatic carbocycles. The van der Waals surface area contributed by atoms with Gasteiger partial charge < -0.3 is 29.6 Å². The predicted octanol–water partition coefficient (Wildman–Crippen LogP) is 0.967. The van der Waals surface area contributed by atoms with Gasteiger partial charge in [0.05, 0.1) is 45.7 Å². The molecule has 0 aromatic rings. The van der Waals surface area contributed by atoms with E-state index in [1.54, 1.807) is 0 Å². The van der Waals surface area contributed by atoms with E-state index in [0.717, 1.165) is 25.9 Å². The molecule has 0 aliphatic rings. The molecule has 0 unspecified atom stereocenters. The molecule has 0 aromatic carbocycles. The smallest absolute Gasteiger partial charge is 0.245 e. The Hall–Kier alpha value is -0.730. The maximum Gasteiger partial charge on any atom is 0.245 e. The Morgan fingerprint density at radius 2 is 1.46 bits per heavy atom. The number of ether oxygens (including phenoxy) is 4. The fourth-order valence-corrected chi connectivity index (χ4v) is 1.78. The van der Waals surface area contributed by atoms with Crippen LogP contribution in [-0.2, 0) is 23.7 Å². The first-order valence-corrected chi connectivity index (χ1v) is 8.99. The number of carbonyl (C=O) groups is 1. The predicted molar refractivity (Wildman–Crippen MR) is 94.3 cm³/mol. The van der Waals surface area contributed by atoms with Gasteiger partial charge in [-0.2, -0.15) is 0 Å². The Morgan fingerprint density at radius 1 is 0.875 bits per heavy atom. The molecule has 0 fully saturated rings. The summed E-state index contributed by atoms with van der Waals surface area (Å²) in [6, 6.07) is 0. The van der Waals surface area contributed by atoms with Crippen LogP contribution in [0.1, 0.15) is 33.6 Å². The van der Waals surface area contributed by atoms with Gasteiger partial charge in [0, 0.05) is 6.54 Å². The molecule has 144 valence electrons. The molecule has 0 saturated heterocycles. The Balaban J connectivity index is 3.14. The number of hydrogen-bond acceptors (Lipinski definition) is 6. The summed E-state index contributed by atoms with van der Waals surface area (Å²) in [7, 11) is 0. The highest BCUT2D eigenvalue weighted by Crippen LogP contribution is 1.88. The molecule has 0 rings (SSSR count). The Morgan fingerprint density at radius 3 is 2.08 bits per heavy atom. The van der Waals surface area contributed by atoms with Crippen molar-refractivity contribution in [1.82, 2.24) is 10.6 Å². The van der Waals surface area contributed by atoms with Crippen molar-refractivity contribution in [2.75, 3.05) is 65.9 Å². The van der Waals surface area contributed by atoms with Crippen LogP contribution in [-0.4, -0.2) is 77.9 Å². The summed E-state index contributed by atoms with van der Waals surface area (Å²) in [5.41, 5.74) is 0. The number of carbonyl (C=O) groups excluding carboxylic acids is 1. The Bertz CT molecular complexity index is 278. The molecular formula is C17H36N2O5. The molecule has 24 heavy (non-hydrogen) atoms. The highest BCUT2D eigenvalue weighted by molar-refractivity contribution is 5.77. The van der Waals surface area contributed by atoms with Gasteiger partial charge in [-0.15, -0.1) is 0 Å². The minimum atomic E-state index is -0.0769. The van der Waals surface area contributed by atoms with Gasteiger partial charge in [-0.3, -0.25) is 4.79 Å². The van der Waals surface area contributed by atoms with Crippen LogP contribution in [0.4, 0.5) is 0 Å². The van der Waals surface area contributed by atoms with Crippen LogP contribution in [0.25, 0.3) is 0 Å². The molecular weight excluding hydrogens is 312 g/mol. The van der Waals surface area contributed by atoms with E-state index in [2.05, 4.69) is 17.6 Å². The van der Waals surface area contributed by atoms with E-state index >= 15 is 0 Å². The van der Waals surface area contributed by atoms with Crippen LogP contribution in [0.2, 0.25) is 0 Å². The van der Waals surface area contributed by atoms with Gasteiger partial charge in [0.25, 0.3) is 0 Å². The van der Waals surface area contributed by atoms with Crippen LogP contribution >= 0.6 is 0 Å². The third-order valence-electron chi connectivity index (χ3n) is 3.01. The number of rotatable bonds is 18. The molecule has 0 spiro atoms. The topological polar surface area (TPSA) is 78.1 Å². The van der Waals surface area contributed by atoms with E-state index in [1.165, 1.54) is 0 Å². The summed E-state index contributed by atoms with van der Waals surface area (Å²) in [5, 5.41) is 6.08. The monoisotopic (exact) mass is 348 g/mol. The van der Waals surface area contributed by atoms with Crippen molar-refractivity contribution in [3.05, 3.63) is 0 Å². The quantitative estimate of drug-likeness (QED) is 0.359. The zero-order valence-electron chi connectivity index (χ0n) is 15.6. The molecule has 7 heteroatoms. The average molecular weight is 348 g/mol. The van der Waals surface area contributed by atoms with E-state index in [-0.39, 0.29) is 18.6 Å². The first-order chi connectivity index (χ1) is 11.7. The molecule has 0 radical (unpaired) electrons. The minimum Gasteiger partial charge on any atom is -0.377 e. The fourth-order valence-electron chi connectivity index (χ4n) is 1.78. The molecule has 0 aliphatic heterocycles. The number of nitrogens with one attached hydrogen (secondary N) is 2. The van der Waals surface area contributed by atoms with E-state index < -0.39 is 0 Å².